The Balaban J connectivity index is -0.0000000542. The van der Waals surface area contributed by atoms with E-state index in [0.29, 0.717) is 0 Å². The average Bonchev–Trinajstić information content (AvgIpc) is 1.96. The van der Waals surface area contributed by atoms with Crippen LogP contribution < -0.4 is 0 Å². The zero-order valence-corrected chi connectivity index (χ0v) is 4.90. The number of carbonyl (C=O) groups is 1. The fourth-order valence-corrected chi connectivity index (χ4v) is 0. The molecule has 0 saturated carbocycles. The molecule has 5 heteroatoms. The fourth-order valence-electron chi connectivity index (χ4n) is 0. The molecule has 0 heterocycles. The van der Waals surface area contributed by atoms with Crippen molar-refractivity contribution >= 4 is 6.79 Å². The van der Waals surface area contributed by atoms with Crippen LogP contribution in [0.1, 0.15) is 13.8 Å². The van der Waals surface area contributed by atoms with Crippen LogP contribution in [0.25, 0.3) is 0 Å². The molecule has 0 spiro atoms. The highest BCUT2D eigenvalue weighted by molar-refractivity contribution is 5.10. The van der Waals surface area contributed by atoms with Crippen LogP contribution in [0.15, 0.2) is 10.6 Å². The van der Waals surface area contributed by atoms with E-state index in [1.54, 1.807) is 0 Å². The van der Waals surface area contributed by atoms with Gasteiger partial charge in [-0.2, -0.15) is 0 Å². The van der Waals surface area contributed by atoms with Crippen LogP contribution in [-0.2, 0) is 4.79 Å². The zero-order chi connectivity index (χ0) is 7.41. The first-order chi connectivity index (χ1) is 3.91. The SMILES string of the molecule is C=O.CC.ON=NO. The Kier molecular flexibility index (Phi) is 363. The van der Waals surface area contributed by atoms with Crippen LogP contribution in [0.3, 0.4) is 0 Å². The molecule has 0 amide bonds. The number of nitrogens with zero attached hydrogens (tertiary/aromatic N) is 2. The minimum absolute atomic E-state index is 1.92. The van der Waals surface area contributed by atoms with Gasteiger partial charge in [-0.3, -0.25) is 0 Å². The number of carbonyl (C=O) groups excluding carboxylic acids is 1. The van der Waals surface area contributed by atoms with Crippen molar-refractivity contribution < 1.29 is 15.2 Å². The summed E-state index contributed by atoms with van der Waals surface area (Å²) in [5.74, 6) is 0. The molecule has 0 aromatic heterocycles. The molecule has 5 nitrogen and oxygen atoms in total. The predicted octanol–water partition coefficient (Wildman–Crippen LogP) is 1.06. The van der Waals surface area contributed by atoms with Crippen LogP contribution >= 0.6 is 0 Å². The van der Waals surface area contributed by atoms with Crippen molar-refractivity contribution in [1.29, 1.82) is 0 Å². The molecule has 0 aliphatic carbocycles. The molecule has 0 radical (unpaired) electrons. The third kappa shape index (κ3) is 4320. The Labute approximate surface area is 47.6 Å². The molecule has 50 valence electrons. The van der Waals surface area contributed by atoms with Gasteiger partial charge in [-0.15, -0.1) is 0 Å². The number of hydrogen-bond acceptors (Lipinski definition) is 3. The van der Waals surface area contributed by atoms with Gasteiger partial charge >= 0.3 is 0 Å². The van der Waals surface area contributed by atoms with Crippen molar-refractivity contribution in [2.45, 2.75) is 13.8 Å². The van der Waals surface area contributed by atoms with Crippen molar-refractivity contribution in [1.82, 2.24) is 0 Å². The lowest BCUT2D eigenvalue weighted by atomic mass is 11.0. The van der Waals surface area contributed by atoms with Crippen LogP contribution in [0.2, 0.25) is 0 Å². The second-order valence-electron chi connectivity index (χ2n) is 0.179. The monoisotopic (exact) mass is 122 g/mol. The molecule has 0 rings (SSSR count). The van der Waals surface area contributed by atoms with Gasteiger partial charge in [-0.25, -0.2) is 0 Å². The molecule has 0 saturated heterocycles. The standard InChI is InChI=1S/C2H6.CH2O.H2N2O2/c2*1-2;3-1-2-4/h1-2H3;1H2;(H,1,4)(H,2,3). The lowest BCUT2D eigenvalue weighted by molar-refractivity contribution is -0.0979. The Morgan fingerprint density at radius 3 is 1.25 bits per heavy atom. The van der Waals surface area contributed by atoms with E-state index in [-0.39, 0.29) is 0 Å². The largest absolute Gasteiger partial charge is 0.392 e. The molecular formula is C3H10N2O3. The maximum absolute atomic E-state index is 8.00. The van der Waals surface area contributed by atoms with Crippen LogP contribution in [-0.4, -0.2) is 17.2 Å². The van der Waals surface area contributed by atoms with Gasteiger partial charge in [0.25, 0.3) is 0 Å². The highest BCUT2D eigenvalue weighted by atomic mass is 16.5. The molecule has 0 aromatic rings. The highest BCUT2D eigenvalue weighted by Gasteiger charge is 1.34. The minimum atomic E-state index is 1.92. The summed E-state index contributed by atoms with van der Waals surface area (Å²) in [6.07, 6.45) is 0. The zero-order valence-electron chi connectivity index (χ0n) is 4.90. The first-order valence-electron chi connectivity index (χ1n) is 1.89. The molecule has 0 bridgehead atoms. The summed E-state index contributed by atoms with van der Waals surface area (Å²) < 4.78 is 0. The minimum Gasteiger partial charge on any atom is -0.392 e. The van der Waals surface area contributed by atoms with Crippen molar-refractivity contribution in [3.63, 3.8) is 0 Å². The van der Waals surface area contributed by atoms with Crippen LogP contribution in [0, 0.1) is 0 Å². The van der Waals surface area contributed by atoms with Crippen LogP contribution in [0.5, 0.6) is 0 Å². The summed E-state index contributed by atoms with van der Waals surface area (Å²) in [4.78, 5) is 8.00. The Hall–Kier alpha value is -1.13. The molecule has 0 aliphatic heterocycles. The van der Waals surface area contributed by atoms with Gasteiger partial charge in [0.2, 0.25) is 0 Å². The second-order valence-corrected chi connectivity index (χ2v) is 0.179. The van der Waals surface area contributed by atoms with Gasteiger partial charge in [0, 0.05) is 0 Å². The van der Waals surface area contributed by atoms with E-state index in [4.69, 9.17) is 15.2 Å². The lowest BCUT2D eigenvalue weighted by Gasteiger charge is -1.53. The van der Waals surface area contributed by atoms with E-state index >= 15 is 0 Å². The topological polar surface area (TPSA) is 82.2 Å². The number of hydrogen-bond donors (Lipinski definition) is 2. The van der Waals surface area contributed by atoms with E-state index < -0.39 is 0 Å². The van der Waals surface area contributed by atoms with E-state index in [9.17, 15) is 0 Å². The normalized spacial score (nSPS) is 5.75. The van der Waals surface area contributed by atoms with Gasteiger partial charge in [-0.05, 0) is 0 Å². The van der Waals surface area contributed by atoms with Gasteiger partial charge in [0.05, 0.1) is 10.6 Å². The Morgan fingerprint density at radius 1 is 1.12 bits per heavy atom. The molecule has 0 unspecified atom stereocenters. The smallest absolute Gasteiger partial charge is 0.106 e. The first kappa shape index (κ1) is 15.8. The maximum atomic E-state index is 8.00. The van der Waals surface area contributed by atoms with E-state index in [1.807, 2.05) is 31.2 Å². The molecule has 0 aliphatic rings. The number of rotatable bonds is 0. The molecule has 0 atom stereocenters. The molecular weight excluding hydrogens is 112 g/mol. The fraction of sp³-hybridized carbons (Fsp3) is 0.667. The van der Waals surface area contributed by atoms with Gasteiger partial charge in [0.1, 0.15) is 6.79 Å². The highest BCUT2D eigenvalue weighted by Crippen LogP contribution is 1.46. The van der Waals surface area contributed by atoms with E-state index in [0.717, 1.165) is 0 Å². The average molecular weight is 122 g/mol. The molecule has 0 aromatic carbocycles. The summed E-state index contributed by atoms with van der Waals surface area (Å²) in [5.41, 5.74) is 0. The third-order valence-corrected chi connectivity index (χ3v) is 0.0400. The molecule has 8 heavy (non-hydrogen) atoms. The molecule has 2 N–H and O–H groups in total. The van der Waals surface area contributed by atoms with Crippen molar-refractivity contribution in [3.8, 4) is 0 Å². The van der Waals surface area contributed by atoms with Crippen molar-refractivity contribution in [3.05, 3.63) is 0 Å². The van der Waals surface area contributed by atoms with Crippen LogP contribution in [0.4, 0.5) is 0 Å². The first-order valence-corrected chi connectivity index (χ1v) is 1.89. The second kappa shape index (κ2) is 184. The van der Waals surface area contributed by atoms with Crippen molar-refractivity contribution in [2.75, 3.05) is 0 Å². The third-order valence-electron chi connectivity index (χ3n) is 0.0400. The summed E-state index contributed by atoms with van der Waals surface area (Å²) in [6, 6.07) is 0. The Bertz CT molecular complexity index is 35.5. The maximum Gasteiger partial charge on any atom is 0.106 e. The van der Waals surface area contributed by atoms with E-state index in [2.05, 4.69) is 0 Å². The van der Waals surface area contributed by atoms with Gasteiger partial charge in [0.15, 0.2) is 0 Å². The lowest BCUT2D eigenvalue weighted by Crippen LogP contribution is -1.41. The summed E-state index contributed by atoms with van der Waals surface area (Å²) in [5, 5.41) is 18.0. The van der Waals surface area contributed by atoms with Gasteiger partial charge < -0.3 is 15.2 Å². The quantitative estimate of drug-likeness (QED) is 0.372. The molecule has 0 fully saturated rings. The van der Waals surface area contributed by atoms with Crippen molar-refractivity contribution in [2.24, 2.45) is 10.6 Å². The summed E-state index contributed by atoms with van der Waals surface area (Å²) >= 11 is 0. The summed E-state index contributed by atoms with van der Waals surface area (Å²) in [7, 11) is 0. The predicted molar refractivity (Wildman–Crippen MR) is 26.9 cm³/mol. The van der Waals surface area contributed by atoms with Gasteiger partial charge in [-0.1, -0.05) is 13.8 Å². The Morgan fingerprint density at radius 2 is 1.25 bits per heavy atom. The van der Waals surface area contributed by atoms with E-state index in [1.165, 1.54) is 0 Å². The summed E-state index contributed by atoms with van der Waals surface area (Å²) in [6.45, 7) is 6.00.